The maximum atomic E-state index is 13.0. The number of hydrogen-bond donors (Lipinski definition) is 1. The van der Waals surface area contributed by atoms with Crippen LogP contribution in [0, 0.1) is 0 Å². The SMILES string of the molecule is CCOC(=O)COc1cccc(/C=N\NC(=O)c2cc(-c3ccccc3)nc3ccccc23)c1. The largest absolute Gasteiger partial charge is 0.482 e. The number of pyridine rings is 1. The third-order valence-electron chi connectivity index (χ3n) is 4.93. The van der Waals surface area contributed by atoms with E-state index in [1.807, 2.05) is 60.7 Å². The number of nitrogens with zero attached hydrogens (tertiary/aromatic N) is 2. The Bertz CT molecular complexity index is 1340. The molecule has 0 saturated carbocycles. The summed E-state index contributed by atoms with van der Waals surface area (Å²) in [7, 11) is 0. The van der Waals surface area contributed by atoms with Crippen LogP contribution < -0.4 is 10.2 Å². The van der Waals surface area contributed by atoms with Crippen molar-refractivity contribution in [1.82, 2.24) is 10.4 Å². The van der Waals surface area contributed by atoms with E-state index < -0.39 is 5.97 Å². The van der Waals surface area contributed by atoms with Gasteiger partial charge in [0.25, 0.3) is 5.91 Å². The molecule has 0 radical (unpaired) electrons. The number of carbonyl (C=O) groups is 2. The summed E-state index contributed by atoms with van der Waals surface area (Å²) in [5.74, 6) is -0.286. The van der Waals surface area contributed by atoms with E-state index in [1.165, 1.54) is 6.21 Å². The quantitative estimate of drug-likeness (QED) is 0.239. The molecule has 0 aliphatic rings. The van der Waals surface area contributed by atoms with Gasteiger partial charge in [0.15, 0.2) is 6.61 Å². The van der Waals surface area contributed by atoms with E-state index in [0.717, 1.165) is 16.5 Å². The minimum atomic E-state index is -0.437. The molecule has 34 heavy (non-hydrogen) atoms. The Morgan fingerprint density at radius 1 is 0.971 bits per heavy atom. The molecule has 7 heteroatoms. The van der Waals surface area contributed by atoms with Crippen molar-refractivity contribution in [3.63, 3.8) is 0 Å². The molecule has 7 nitrogen and oxygen atoms in total. The molecule has 1 heterocycles. The van der Waals surface area contributed by atoms with Crippen LogP contribution in [0.1, 0.15) is 22.8 Å². The van der Waals surface area contributed by atoms with Crippen LogP contribution in [0.3, 0.4) is 0 Å². The molecule has 0 atom stereocenters. The molecule has 4 rings (SSSR count). The Balaban J connectivity index is 1.51. The maximum absolute atomic E-state index is 13.0. The van der Waals surface area contributed by atoms with Gasteiger partial charge in [0, 0.05) is 10.9 Å². The number of benzene rings is 3. The molecule has 170 valence electrons. The number of fused-ring (bicyclic) bond motifs is 1. The van der Waals surface area contributed by atoms with Crippen molar-refractivity contribution in [1.29, 1.82) is 0 Å². The van der Waals surface area contributed by atoms with Crippen molar-refractivity contribution in [2.75, 3.05) is 13.2 Å². The van der Waals surface area contributed by atoms with E-state index in [4.69, 9.17) is 14.5 Å². The number of para-hydroxylation sites is 1. The molecular formula is C27H23N3O4. The first kappa shape index (κ1) is 22.7. The van der Waals surface area contributed by atoms with Crippen molar-refractivity contribution >= 4 is 29.0 Å². The van der Waals surface area contributed by atoms with Gasteiger partial charge in [0.05, 0.1) is 29.6 Å². The van der Waals surface area contributed by atoms with E-state index in [9.17, 15) is 9.59 Å². The standard InChI is InChI=1S/C27H23N3O4/c1-2-33-26(31)18-34-21-12-8-9-19(15-21)17-28-30-27(32)23-16-25(20-10-4-3-5-11-20)29-24-14-7-6-13-22(23)24/h3-17H,2,18H2,1H3,(H,30,32)/b28-17-. The highest BCUT2D eigenvalue weighted by Gasteiger charge is 2.13. The van der Waals surface area contributed by atoms with Gasteiger partial charge in [-0.3, -0.25) is 4.79 Å². The van der Waals surface area contributed by atoms with Crippen molar-refractivity contribution in [2.45, 2.75) is 6.92 Å². The molecule has 0 spiro atoms. The van der Waals surface area contributed by atoms with Crippen LogP contribution in [-0.2, 0) is 9.53 Å². The average molecular weight is 453 g/mol. The zero-order valence-electron chi connectivity index (χ0n) is 18.6. The van der Waals surface area contributed by atoms with Crippen LogP contribution in [-0.4, -0.2) is 36.3 Å². The lowest BCUT2D eigenvalue weighted by atomic mass is 10.0. The van der Waals surface area contributed by atoms with E-state index in [0.29, 0.717) is 29.2 Å². The highest BCUT2D eigenvalue weighted by atomic mass is 16.6. The van der Waals surface area contributed by atoms with Gasteiger partial charge in [-0.25, -0.2) is 15.2 Å². The first-order valence-corrected chi connectivity index (χ1v) is 10.8. The number of amides is 1. The van der Waals surface area contributed by atoms with Crippen molar-refractivity contribution in [3.05, 3.63) is 96.1 Å². The van der Waals surface area contributed by atoms with Crippen molar-refractivity contribution in [3.8, 4) is 17.0 Å². The number of nitrogens with one attached hydrogen (secondary N) is 1. The predicted molar refractivity (Wildman–Crippen MR) is 131 cm³/mol. The van der Waals surface area contributed by atoms with Crippen LogP contribution in [0.15, 0.2) is 90.0 Å². The van der Waals surface area contributed by atoms with Crippen molar-refractivity contribution in [2.24, 2.45) is 5.10 Å². The number of esters is 1. The fourth-order valence-corrected chi connectivity index (χ4v) is 3.38. The van der Waals surface area contributed by atoms with Crippen LogP contribution >= 0.6 is 0 Å². The number of carbonyl (C=O) groups excluding carboxylic acids is 2. The monoisotopic (exact) mass is 453 g/mol. The minimum Gasteiger partial charge on any atom is -0.482 e. The highest BCUT2D eigenvalue weighted by Crippen LogP contribution is 2.24. The Morgan fingerprint density at radius 3 is 2.59 bits per heavy atom. The number of aromatic nitrogens is 1. The maximum Gasteiger partial charge on any atom is 0.344 e. The average Bonchev–Trinajstić information content (AvgIpc) is 2.88. The summed E-state index contributed by atoms with van der Waals surface area (Å²) >= 11 is 0. The Kier molecular flexibility index (Phi) is 7.25. The lowest BCUT2D eigenvalue weighted by Crippen LogP contribution is -2.18. The predicted octanol–water partition coefficient (Wildman–Crippen LogP) is 4.61. The fourth-order valence-electron chi connectivity index (χ4n) is 3.38. The topological polar surface area (TPSA) is 89.9 Å². The van der Waals surface area contributed by atoms with Crippen molar-refractivity contribution < 1.29 is 19.1 Å². The molecule has 4 aromatic rings. The molecule has 0 saturated heterocycles. The lowest BCUT2D eigenvalue weighted by Gasteiger charge is -2.09. The van der Waals surface area contributed by atoms with E-state index in [2.05, 4.69) is 10.5 Å². The van der Waals surface area contributed by atoms with E-state index in [-0.39, 0.29) is 12.5 Å². The molecule has 0 aliphatic heterocycles. The number of ether oxygens (including phenoxy) is 2. The molecular weight excluding hydrogens is 430 g/mol. The normalized spacial score (nSPS) is 10.9. The Hall–Kier alpha value is -4.52. The zero-order valence-corrected chi connectivity index (χ0v) is 18.6. The summed E-state index contributed by atoms with van der Waals surface area (Å²) in [6.07, 6.45) is 1.51. The summed E-state index contributed by atoms with van der Waals surface area (Å²) in [6, 6.07) is 26.0. The van der Waals surface area contributed by atoms with Crippen LogP contribution in [0.5, 0.6) is 5.75 Å². The third-order valence-corrected chi connectivity index (χ3v) is 4.93. The van der Waals surface area contributed by atoms with Gasteiger partial charge in [-0.1, -0.05) is 60.7 Å². The van der Waals surface area contributed by atoms with Gasteiger partial charge in [-0.2, -0.15) is 5.10 Å². The second-order valence-corrected chi connectivity index (χ2v) is 7.30. The van der Waals surface area contributed by atoms with E-state index >= 15 is 0 Å². The zero-order chi connectivity index (χ0) is 23.8. The second kappa shape index (κ2) is 10.9. The first-order valence-electron chi connectivity index (χ1n) is 10.8. The fraction of sp³-hybridized carbons (Fsp3) is 0.111. The summed E-state index contributed by atoms with van der Waals surface area (Å²) < 4.78 is 10.3. The molecule has 0 fully saturated rings. The van der Waals surface area contributed by atoms with Crippen LogP contribution in [0.25, 0.3) is 22.2 Å². The second-order valence-electron chi connectivity index (χ2n) is 7.30. The van der Waals surface area contributed by atoms with Gasteiger partial charge in [-0.05, 0) is 36.8 Å². The van der Waals surface area contributed by atoms with Gasteiger partial charge in [0.2, 0.25) is 0 Å². The third kappa shape index (κ3) is 5.63. The van der Waals surface area contributed by atoms with Gasteiger partial charge < -0.3 is 9.47 Å². The summed E-state index contributed by atoms with van der Waals surface area (Å²) in [5, 5.41) is 4.84. The molecule has 1 N–H and O–H groups in total. The van der Waals surface area contributed by atoms with Gasteiger partial charge >= 0.3 is 5.97 Å². The molecule has 3 aromatic carbocycles. The summed E-state index contributed by atoms with van der Waals surface area (Å²) in [5.41, 5.74) is 6.13. The number of hydrazone groups is 1. The lowest BCUT2D eigenvalue weighted by molar-refractivity contribution is -0.145. The molecule has 0 bridgehead atoms. The Morgan fingerprint density at radius 2 is 1.76 bits per heavy atom. The van der Waals surface area contributed by atoms with Gasteiger partial charge in [-0.15, -0.1) is 0 Å². The number of rotatable bonds is 8. The molecule has 1 aromatic heterocycles. The highest BCUT2D eigenvalue weighted by molar-refractivity contribution is 6.07. The van der Waals surface area contributed by atoms with Crippen LogP contribution in [0.2, 0.25) is 0 Å². The molecule has 0 unspecified atom stereocenters. The molecule has 0 aliphatic carbocycles. The molecule has 1 amide bonds. The summed E-state index contributed by atoms with van der Waals surface area (Å²) in [4.78, 5) is 29.2. The first-order chi connectivity index (χ1) is 16.6. The number of hydrogen-bond acceptors (Lipinski definition) is 6. The Labute approximate surface area is 197 Å². The van der Waals surface area contributed by atoms with E-state index in [1.54, 1.807) is 31.2 Å². The van der Waals surface area contributed by atoms with Crippen LogP contribution in [0.4, 0.5) is 0 Å². The smallest absolute Gasteiger partial charge is 0.344 e. The minimum absolute atomic E-state index is 0.177. The summed E-state index contributed by atoms with van der Waals surface area (Å²) in [6.45, 7) is 1.86. The van der Waals surface area contributed by atoms with Gasteiger partial charge in [0.1, 0.15) is 5.75 Å².